The summed E-state index contributed by atoms with van der Waals surface area (Å²) in [5.41, 5.74) is 4.03. The van der Waals surface area contributed by atoms with Gasteiger partial charge in [0.25, 0.3) is 5.69 Å². The van der Waals surface area contributed by atoms with E-state index in [1.807, 2.05) is 24.3 Å². The van der Waals surface area contributed by atoms with Crippen LogP contribution in [0.25, 0.3) is 36.5 Å². The average Bonchev–Trinajstić information content (AvgIpc) is 2.43. The lowest BCUT2D eigenvalue weighted by molar-refractivity contribution is -0.385. The van der Waals surface area contributed by atoms with Gasteiger partial charge in [0.2, 0.25) is 5.76 Å². The van der Waals surface area contributed by atoms with Crippen molar-refractivity contribution in [1.29, 1.82) is 0 Å². The van der Waals surface area contributed by atoms with Gasteiger partial charge in [0.05, 0.1) is 31.2 Å². The Kier molecular flexibility index (Phi) is 37.9. The van der Waals surface area contributed by atoms with Crippen LogP contribution in [0.2, 0.25) is 0 Å². The molecule has 0 heterocycles. The Morgan fingerprint density at radius 3 is 1.20 bits per heavy atom. The summed E-state index contributed by atoms with van der Waals surface area (Å²) in [6.07, 6.45) is 13.9. The van der Waals surface area contributed by atoms with E-state index in [-0.39, 0.29) is 34.4 Å². The molecule has 0 unspecified atom stereocenters. The quantitative estimate of drug-likeness (QED) is 0.0175. The number of carboxylic acid groups (broad SMARTS) is 6. The number of aliphatic hydroxyl groups is 1. The van der Waals surface area contributed by atoms with E-state index in [1.165, 1.54) is 103 Å². The van der Waals surface area contributed by atoms with Gasteiger partial charge in [0, 0.05) is 59.7 Å². The average molecular weight is 1310 g/mol. The molecule has 8 rings (SSSR count). The van der Waals surface area contributed by atoms with E-state index in [4.69, 9.17) is 65.3 Å². The Bertz CT molecular complexity index is 3920. The van der Waals surface area contributed by atoms with Gasteiger partial charge in [0.1, 0.15) is 34.5 Å². The number of non-ortho nitro benzene ring substituents is 1. The Balaban J connectivity index is 0.000000544. The van der Waals surface area contributed by atoms with Crippen molar-refractivity contribution < 1.29 is 109 Å². The maximum Gasteiger partial charge on any atom is 0.370 e. The third kappa shape index (κ3) is 37.6. The van der Waals surface area contributed by atoms with E-state index < -0.39 is 51.4 Å². The smallest absolute Gasteiger partial charge is 0.370 e. The number of carbonyl (C=O) groups is 6. The van der Waals surface area contributed by atoms with E-state index >= 15 is 0 Å². The summed E-state index contributed by atoms with van der Waals surface area (Å²) in [5, 5.41) is 115. The fourth-order valence-electron chi connectivity index (χ4n) is 6.26. The number of para-hydroxylation sites is 4. The highest BCUT2D eigenvalue weighted by molar-refractivity contribution is 5.89. The van der Waals surface area contributed by atoms with Gasteiger partial charge in [-0.05, 0) is 125 Å². The monoisotopic (exact) mass is 1300 g/mol. The lowest BCUT2D eigenvalue weighted by atomic mass is 10.2. The van der Waals surface area contributed by atoms with Gasteiger partial charge in [-0.15, -0.1) is 0 Å². The number of carboxylic acids is 6. The van der Waals surface area contributed by atoms with Crippen LogP contribution in [0.3, 0.4) is 0 Å². The largest absolute Gasteiger partial charge is 0.508 e. The standard InChI is InChI=1S/3C10H10O3.3C9H8O3.2C6H5NO3/c1-13-9-5-2-8(3-6-9)4-7-10(11)12;1-13-9-4-2-3-8(7-9)5-6-10(11)12;1-13-9-5-3-2-4-8(9)6-7-10(11)12;10-8-4-1-7(2-5-8)3-6-9(11)12;10-8-4-2-1-3-7(8)5-6-9(11)12;10-8(9(11)12)6-7-4-2-1-3-5-7;8-6-3-1-5(2-4-6)7(9)10;8-6-4-2-1-3-5(6)7(9)10/h3*2-7H,1H3,(H,11,12);3*1-6,10H,(H,11,12);2*1-4,8H. The molecule has 95 heavy (non-hydrogen) atoms. The van der Waals surface area contributed by atoms with Gasteiger partial charge in [0.15, 0.2) is 5.75 Å². The number of aliphatic hydroxyl groups excluding tert-OH is 1. The molecule has 0 saturated carbocycles. The zero-order valence-electron chi connectivity index (χ0n) is 50.5. The van der Waals surface area contributed by atoms with E-state index in [0.717, 1.165) is 58.4 Å². The molecule has 0 aliphatic heterocycles. The number of nitro groups is 2. The van der Waals surface area contributed by atoms with E-state index in [1.54, 1.807) is 131 Å². The minimum Gasteiger partial charge on any atom is -0.508 e. The van der Waals surface area contributed by atoms with Crippen molar-refractivity contribution in [2.75, 3.05) is 21.3 Å². The summed E-state index contributed by atoms with van der Waals surface area (Å²) in [5.74, 6) is -4.73. The van der Waals surface area contributed by atoms with Crippen LogP contribution in [0.15, 0.2) is 236 Å². The van der Waals surface area contributed by atoms with Gasteiger partial charge < -0.3 is 70.4 Å². The highest BCUT2D eigenvalue weighted by atomic mass is 16.6. The first-order valence-electron chi connectivity index (χ1n) is 26.8. The van der Waals surface area contributed by atoms with Gasteiger partial charge >= 0.3 is 41.5 Å². The van der Waals surface area contributed by atoms with Crippen molar-refractivity contribution in [2.45, 2.75) is 0 Å². The lowest BCUT2D eigenvalue weighted by Gasteiger charge is -2.02. The third-order valence-electron chi connectivity index (χ3n) is 10.7. The number of methoxy groups -OCH3 is 3. The highest BCUT2D eigenvalue weighted by Crippen LogP contribution is 2.24. The van der Waals surface area contributed by atoms with Crippen LogP contribution in [0.1, 0.15) is 33.4 Å². The van der Waals surface area contributed by atoms with E-state index in [2.05, 4.69) is 0 Å². The van der Waals surface area contributed by atoms with E-state index in [0.29, 0.717) is 22.6 Å². The molecule has 494 valence electrons. The Morgan fingerprint density at radius 2 is 0.768 bits per heavy atom. The number of ether oxygens (including phenoxy) is 3. The minimum atomic E-state index is -1.32. The number of phenolic OH excluding ortho intramolecular Hbond substituents is 4. The molecular weight excluding hydrogens is 1240 g/mol. The molecule has 0 spiro atoms. The number of phenols is 4. The molecule has 0 aliphatic rings. The lowest BCUT2D eigenvalue weighted by Crippen LogP contribution is -1.98. The summed E-state index contributed by atoms with van der Waals surface area (Å²) in [6.45, 7) is 0. The second-order valence-corrected chi connectivity index (χ2v) is 17.6. The van der Waals surface area contributed by atoms with Crippen LogP contribution < -0.4 is 14.2 Å². The third-order valence-corrected chi connectivity index (χ3v) is 10.7. The molecule has 8 aromatic rings. The topological polar surface area (TPSA) is 439 Å². The van der Waals surface area contributed by atoms with Crippen molar-refractivity contribution in [3.05, 3.63) is 290 Å². The molecule has 11 N–H and O–H groups in total. The molecule has 0 bridgehead atoms. The highest BCUT2D eigenvalue weighted by Gasteiger charge is 2.09. The summed E-state index contributed by atoms with van der Waals surface area (Å²) in [6, 6.07) is 53.7. The van der Waals surface area contributed by atoms with E-state index in [9.17, 15) is 54.1 Å². The van der Waals surface area contributed by atoms with Crippen molar-refractivity contribution in [1.82, 2.24) is 0 Å². The van der Waals surface area contributed by atoms with Crippen molar-refractivity contribution in [3.8, 4) is 40.2 Å². The summed E-state index contributed by atoms with van der Waals surface area (Å²) in [4.78, 5) is 80.0. The first-order chi connectivity index (χ1) is 45.2. The molecule has 0 saturated heterocycles. The predicted molar refractivity (Wildman–Crippen MR) is 353 cm³/mol. The number of rotatable bonds is 17. The summed E-state index contributed by atoms with van der Waals surface area (Å²) < 4.78 is 15.0. The van der Waals surface area contributed by atoms with Crippen LogP contribution in [0, 0.1) is 20.2 Å². The normalized spacial score (nSPS) is 10.2. The zero-order valence-corrected chi connectivity index (χ0v) is 50.5. The number of hydrogen-bond acceptors (Lipinski definition) is 18. The maximum absolute atomic E-state index is 10.2. The van der Waals surface area contributed by atoms with Gasteiger partial charge in [-0.25, -0.2) is 28.8 Å². The number of nitro benzene ring substituents is 2. The van der Waals surface area contributed by atoms with Crippen molar-refractivity contribution >= 4 is 83.6 Å². The number of hydrogen-bond donors (Lipinski definition) is 11. The Labute approximate surface area is 542 Å². The zero-order chi connectivity index (χ0) is 71.1. The molecule has 8 aromatic carbocycles. The van der Waals surface area contributed by atoms with Crippen molar-refractivity contribution in [2.24, 2.45) is 0 Å². The van der Waals surface area contributed by atoms with Crippen LogP contribution >= 0.6 is 0 Å². The summed E-state index contributed by atoms with van der Waals surface area (Å²) in [7, 11) is 4.70. The number of benzene rings is 8. The second-order valence-electron chi connectivity index (χ2n) is 17.6. The number of nitrogens with zero attached hydrogens (tertiary/aromatic N) is 2. The molecular formula is C69H64N2O24. The Morgan fingerprint density at radius 1 is 0.368 bits per heavy atom. The first-order valence-corrected chi connectivity index (χ1v) is 26.8. The molecule has 0 fully saturated rings. The SMILES string of the molecule is COc1ccc(C=CC(=O)O)cc1.COc1cccc(C=CC(=O)O)c1.COc1ccccc1C=CC(=O)O.O=C(O)C(O)=Cc1ccccc1.O=C(O)C=Cc1ccc(O)cc1.O=C(O)C=Cc1ccccc1O.O=[N+]([O-])c1ccc(O)cc1.O=[N+]([O-])c1ccccc1O. The van der Waals surface area contributed by atoms with Crippen LogP contribution in [-0.2, 0) is 28.8 Å². The first kappa shape index (κ1) is 79.2. The fourth-order valence-corrected chi connectivity index (χ4v) is 6.26. The molecule has 26 heteroatoms. The van der Waals surface area contributed by atoms with Crippen LogP contribution in [0.4, 0.5) is 11.4 Å². The second kappa shape index (κ2) is 45.5. The van der Waals surface area contributed by atoms with Crippen LogP contribution in [-0.4, -0.2) is 123 Å². The fraction of sp³-hybridized carbons (Fsp3) is 0.0435. The number of aliphatic carboxylic acids is 6. The van der Waals surface area contributed by atoms with Gasteiger partial charge in [-0.3, -0.25) is 20.2 Å². The maximum atomic E-state index is 10.2. The summed E-state index contributed by atoms with van der Waals surface area (Å²) >= 11 is 0. The molecule has 0 atom stereocenters. The Hall–Kier alpha value is -13.8. The van der Waals surface area contributed by atoms with Gasteiger partial charge in [-0.2, -0.15) is 0 Å². The molecule has 0 aliphatic carbocycles. The molecule has 26 nitrogen and oxygen atoms in total. The van der Waals surface area contributed by atoms with Crippen molar-refractivity contribution in [3.63, 3.8) is 0 Å². The van der Waals surface area contributed by atoms with Gasteiger partial charge in [-0.1, -0.05) is 115 Å². The van der Waals surface area contributed by atoms with Crippen LogP contribution in [0.5, 0.6) is 40.2 Å². The molecule has 0 amide bonds. The molecule has 0 radical (unpaired) electrons. The number of aromatic hydroxyl groups is 4. The minimum absolute atomic E-state index is 0.0159. The predicted octanol–water partition coefficient (Wildman–Crippen LogP) is 12.6. The molecule has 0 aromatic heterocycles.